The molecule has 19 heavy (non-hydrogen) atoms. The second kappa shape index (κ2) is 6.52. The molecular weight excluding hydrogens is 240 g/mol. The highest BCUT2D eigenvalue weighted by Gasteiger charge is 2.23. The highest BCUT2D eigenvalue weighted by molar-refractivity contribution is 5.92. The van der Waals surface area contributed by atoms with Crippen molar-refractivity contribution in [1.82, 2.24) is 10.3 Å². The topological polar surface area (TPSA) is 80.0 Å². The molecule has 0 bridgehead atoms. The van der Waals surface area contributed by atoms with E-state index in [0.717, 1.165) is 5.69 Å². The van der Waals surface area contributed by atoms with Crippen molar-refractivity contribution in [2.75, 3.05) is 18.9 Å². The van der Waals surface area contributed by atoms with Crippen LogP contribution >= 0.6 is 0 Å². The van der Waals surface area contributed by atoms with Crippen molar-refractivity contribution >= 4 is 11.6 Å². The van der Waals surface area contributed by atoms with Crippen LogP contribution in [-0.2, 0) is 0 Å². The average molecular weight is 262 g/mol. The first-order valence-corrected chi connectivity index (χ1v) is 6.89. The summed E-state index contributed by atoms with van der Waals surface area (Å²) in [5.41, 5.74) is 7.21. The molecule has 0 aliphatic heterocycles. The van der Waals surface area contributed by atoms with Gasteiger partial charge in [0.25, 0.3) is 5.91 Å². The number of anilines is 1. The standard InChI is InChI=1S/C14H22N4O/c1-16-14(19)12-8-11(6-7-17-12)18-13(9-15)10-4-2-3-5-10/h6-8,10,13H,2-5,9,15H2,1H3,(H,16,19)(H,17,18). The van der Waals surface area contributed by atoms with Gasteiger partial charge >= 0.3 is 0 Å². The molecule has 0 aromatic carbocycles. The van der Waals surface area contributed by atoms with Gasteiger partial charge in [0.05, 0.1) is 0 Å². The third-order valence-corrected chi connectivity index (χ3v) is 3.79. The van der Waals surface area contributed by atoms with Gasteiger partial charge in [-0.25, -0.2) is 0 Å². The molecule has 1 aromatic rings. The third kappa shape index (κ3) is 3.44. The fraction of sp³-hybridized carbons (Fsp3) is 0.571. The van der Waals surface area contributed by atoms with Gasteiger partial charge < -0.3 is 16.4 Å². The first-order chi connectivity index (χ1) is 9.24. The zero-order chi connectivity index (χ0) is 13.7. The van der Waals surface area contributed by atoms with Crippen molar-refractivity contribution in [3.63, 3.8) is 0 Å². The largest absolute Gasteiger partial charge is 0.381 e. The summed E-state index contributed by atoms with van der Waals surface area (Å²) < 4.78 is 0. The number of nitrogens with zero attached hydrogens (tertiary/aromatic N) is 1. The highest BCUT2D eigenvalue weighted by atomic mass is 16.1. The molecule has 4 N–H and O–H groups in total. The van der Waals surface area contributed by atoms with E-state index in [4.69, 9.17) is 5.73 Å². The van der Waals surface area contributed by atoms with E-state index in [1.807, 2.05) is 6.07 Å². The fourth-order valence-electron chi connectivity index (χ4n) is 2.72. The van der Waals surface area contributed by atoms with Crippen molar-refractivity contribution in [3.05, 3.63) is 24.0 Å². The van der Waals surface area contributed by atoms with Crippen LogP contribution in [0.1, 0.15) is 36.2 Å². The Labute approximate surface area is 114 Å². The molecule has 1 aromatic heterocycles. The minimum Gasteiger partial charge on any atom is -0.381 e. The monoisotopic (exact) mass is 262 g/mol. The third-order valence-electron chi connectivity index (χ3n) is 3.79. The smallest absolute Gasteiger partial charge is 0.269 e. The van der Waals surface area contributed by atoms with Crippen LogP contribution in [0.3, 0.4) is 0 Å². The summed E-state index contributed by atoms with van der Waals surface area (Å²) in [6.07, 6.45) is 6.71. The molecule has 1 fully saturated rings. The van der Waals surface area contributed by atoms with Crippen LogP contribution in [0, 0.1) is 5.92 Å². The Morgan fingerprint density at radius 3 is 2.89 bits per heavy atom. The van der Waals surface area contributed by atoms with E-state index in [2.05, 4.69) is 15.6 Å². The molecule has 1 unspecified atom stereocenters. The molecule has 0 saturated heterocycles. The van der Waals surface area contributed by atoms with Crippen molar-refractivity contribution in [1.29, 1.82) is 0 Å². The molecule has 1 heterocycles. The van der Waals surface area contributed by atoms with E-state index in [1.165, 1.54) is 25.7 Å². The summed E-state index contributed by atoms with van der Waals surface area (Å²) in [4.78, 5) is 15.6. The lowest BCUT2D eigenvalue weighted by Crippen LogP contribution is -2.35. The van der Waals surface area contributed by atoms with Gasteiger partial charge in [-0.05, 0) is 30.9 Å². The van der Waals surface area contributed by atoms with Gasteiger partial charge in [0.1, 0.15) is 5.69 Å². The average Bonchev–Trinajstić information content (AvgIpc) is 2.98. The maximum absolute atomic E-state index is 11.6. The Morgan fingerprint density at radius 1 is 1.53 bits per heavy atom. The van der Waals surface area contributed by atoms with E-state index >= 15 is 0 Å². The van der Waals surface area contributed by atoms with Gasteiger partial charge in [-0.3, -0.25) is 9.78 Å². The number of amides is 1. The lowest BCUT2D eigenvalue weighted by atomic mass is 9.98. The van der Waals surface area contributed by atoms with Crippen LogP contribution in [0.4, 0.5) is 5.69 Å². The number of pyridine rings is 1. The molecule has 0 radical (unpaired) electrons. The van der Waals surface area contributed by atoms with E-state index in [-0.39, 0.29) is 11.9 Å². The predicted octanol–water partition coefficient (Wildman–Crippen LogP) is 1.37. The van der Waals surface area contributed by atoms with Gasteiger partial charge in [0.15, 0.2) is 0 Å². The summed E-state index contributed by atoms with van der Waals surface area (Å²) in [6.45, 7) is 0.613. The van der Waals surface area contributed by atoms with Crippen molar-refractivity contribution in [2.24, 2.45) is 11.7 Å². The van der Waals surface area contributed by atoms with Crippen LogP contribution < -0.4 is 16.4 Å². The number of nitrogens with one attached hydrogen (secondary N) is 2. The van der Waals surface area contributed by atoms with Crippen LogP contribution in [-0.4, -0.2) is 30.5 Å². The Balaban J connectivity index is 2.06. The number of carbonyl (C=O) groups is 1. The van der Waals surface area contributed by atoms with Gasteiger partial charge in [0, 0.05) is 31.5 Å². The molecule has 1 saturated carbocycles. The molecule has 5 heteroatoms. The fourth-order valence-corrected chi connectivity index (χ4v) is 2.72. The van der Waals surface area contributed by atoms with Crippen LogP contribution in [0.15, 0.2) is 18.3 Å². The molecule has 2 rings (SSSR count). The molecule has 104 valence electrons. The van der Waals surface area contributed by atoms with Crippen molar-refractivity contribution < 1.29 is 4.79 Å². The summed E-state index contributed by atoms with van der Waals surface area (Å²) in [5, 5.41) is 6.02. The molecular formula is C14H22N4O. The van der Waals surface area contributed by atoms with Crippen LogP contribution in [0.2, 0.25) is 0 Å². The van der Waals surface area contributed by atoms with Crippen molar-refractivity contribution in [2.45, 2.75) is 31.7 Å². The van der Waals surface area contributed by atoms with Gasteiger partial charge in [-0.15, -0.1) is 0 Å². The minimum atomic E-state index is -0.172. The number of rotatable bonds is 5. The number of nitrogens with two attached hydrogens (primary N) is 1. The zero-order valence-electron chi connectivity index (χ0n) is 11.4. The predicted molar refractivity (Wildman–Crippen MR) is 76.1 cm³/mol. The highest BCUT2D eigenvalue weighted by Crippen LogP contribution is 2.29. The molecule has 0 spiro atoms. The first kappa shape index (κ1) is 13.8. The second-order valence-corrected chi connectivity index (χ2v) is 5.04. The van der Waals surface area contributed by atoms with Crippen LogP contribution in [0.25, 0.3) is 0 Å². The van der Waals surface area contributed by atoms with Gasteiger partial charge in [0.2, 0.25) is 0 Å². The summed E-state index contributed by atoms with van der Waals surface area (Å²) in [6, 6.07) is 3.93. The lowest BCUT2D eigenvalue weighted by Gasteiger charge is -2.24. The maximum Gasteiger partial charge on any atom is 0.269 e. The quantitative estimate of drug-likeness (QED) is 0.748. The normalized spacial score (nSPS) is 17.2. The van der Waals surface area contributed by atoms with E-state index in [9.17, 15) is 4.79 Å². The zero-order valence-corrected chi connectivity index (χ0v) is 11.4. The van der Waals surface area contributed by atoms with Gasteiger partial charge in [-0.1, -0.05) is 12.8 Å². The summed E-state index contributed by atoms with van der Waals surface area (Å²) >= 11 is 0. The molecule has 1 aliphatic carbocycles. The lowest BCUT2D eigenvalue weighted by molar-refractivity contribution is 0.0958. The van der Waals surface area contributed by atoms with Gasteiger partial charge in [-0.2, -0.15) is 0 Å². The number of carbonyl (C=O) groups excluding carboxylic acids is 1. The second-order valence-electron chi connectivity index (χ2n) is 5.04. The SMILES string of the molecule is CNC(=O)c1cc(NC(CN)C2CCCC2)ccn1. The molecule has 1 atom stereocenters. The Hall–Kier alpha value is -1.62. The summed E-state index contributed by atoms with van der Waals surface area (Å²) in [7, 11) is 1.60. The Kier molecular flexibility index (Phi) is 4.74. The number of aromatic nitrogens is 1. The molecule has 1 amide bonds. The van der Waals surface area contributed by atoms with E-state index in [1.54, 1.807) is 19.3 Å². The van der Waals surface area contributed by atoms with Crippen LogP contribution in [0.5, 0.6) is 0 Å². The van der Waals surface area contributed by atoms with Crippen molar-refractivity contribution in [3.8, 4) is 0 Å². The first-order valence-electron chi connectivity index (χ1n) is 6.89. The summed E-state index contributed by atoms with van der Waals surface area (Å²) in [5.74, 6) is 0.468. The number of hydrogen-bond acceptors (Lipinski definition) is 4. The number of hydrogen-bond donors (Lipinski definition) is 3. The van der Waals surface area contributed by atoms with E-state index in [0.29, 0.717) is 18.2 Å². The Bertz CT molecular complexity index is 429. The maximum atomic E-state index is 11.6. The molecule has 5 nitrogen and oxygen atoms in total. The minimum absolute atomic E-state index is 0.172. The van der Waals surface area contributed by atoms with E-state index < -0.39 is 0 Å². The Morgan fingerprint density at radius 2 is 2.26 bits per heavy atom. The molecule has 1 aliphatic rings.